The largest absolute Gasteiger partial charge is 0.497 e. The van der Waals surface area contributed by atoms with E-state index >= 15 is 0 Å². The summed E-state index contributed by atoms with van der Waals surface area (Å²) in [5, 5.41) is 0.927. The Morgan fingerprint density at radius 1 is 1.03 bits per heavy atom. The van der Waals surface area contributed by atoms with Gasteiger partial charge < -0.3 is 14.4 Å². The van der Waals surface area contributed by atoms with Crippen molar-refractivity contribution in [1.82, 2.24) is 14.8 Å². The molecule has 2 aromatic carbocycles. The molecule has 0 N–H and O–H groups in total. The predicted molar refractivity (Wildman–Crippen MR) is 134 cm³/mol. The fraction of sp³-hybridized carbons (Fsp3) is 0.308. The number of pyridine rings is 1. The van der Waals surface area contributed by atoms with Crippen molar-refractivity contribution < 1.29 is 14.3 Å². The van der Waals surface area contributed by atoms with Crippen molar-refractivity contribution in [2.75, 3.05) is 39.8 Å². The third-order valence-corrected chi connectivity index (χ3v) is 6.42. The molecule has 2 heterocycles. The maximum absolute atomic E-state index is 12.9. The molecule has 1 amide bonds. The van der Waals surface area contributed by atoms with Crippen LogP contribution in [0.2, 0.25) is 10.2 Å². The van der Waals surface area contributed by atoms with Gasteiger partial charge in [-0.05, 0) is 47.5 Å². The highest BCUT2D eigenvalue weighted by Gasteiger charge is 2.26. The van der Waals surface area contributed by atoms with Gasteiger partial charge in [0, 0.05) is 43.9 Å². The molecule has 1 aliphatic heterocycles. The Bertz CT molecular complexity index is 1120. The number of carbonyl (C=O) groups excluding carboxylic acids is 1. The minimum atomic E-state index is -0.163. The summed E-state index contributed by atoms with van der Waals surface area (Å²) in [4.78, 5) is 21.0. The second-order valence-corrected chi connectivity index (χ2v) is 8.94. The van der Waals surface area contributed by atoms with Gasteiger partial charge in [-0.25, -0.2) is 4.98 Å². The Hall–Kier alpha value is -2.64. The molecule has 0 spiro atoms. The minimum absolute atomic E-state index is 0.0840. The third kappa shape index (κ3) is 6.27. The van der Waals surface area contributed by atoms with Crippen molar-refractivity contribution in [3.8, 4) is 5.75 Å². The predicted octanol–water partition coefficient (Wildman–Crippen LogP) is 5.11. The fourth-order valence-electron chi connectivity index (χ4n) is 4.00. The maximum Gasteiger partial charge on any atom is 0.257 e. The molecule has 6 nitrogen and oxygen atoms in total. The van der Waals surface area contributed by atoms with Crippen LogP contribution in [0.3, 0.4) is 0 Å². The van der Waals surface area contributed by atoms with Crippen LogP contribution in [0.4, 0.5) is 0 Å². The lowest BCUT2D eigenvalue weighted by Gasteiger charge is -2.36. The highest BCUT2D eigenvalue weighted by molar-refractivity contribution is 6.32. The fourth-order valence-corrected chi connectivity index (χ4v) is 4.42. The van der Waals surface area contributed by atoms with Crippen LogP contribution < -0.4 is 4.74 Å². The zero-order chi connectivity index (χ0) is 23.9. The number of carbonyl (C=O) groups is 1. The SMILES string of the molecule is COc1cccc([C@H](CN2CCN(C(=O)c3cccnc3Cl)CC2)OCc2cccc(Cl)c2)c1. The first kappa shape index (κ1) is 24.5. The van der Waals surface area contributed by atoms with Gasteiger partial charge >= 0.3 is 0 Å². The molecule has 34 heavy (non-hydrogen) atoms. The van der Waals surface area contributed by atoms with Crippen LogP contribution in [0.1, 0.15) is 27.6 Å². The summed E-state index contributed by atoms with van der Waals surface area (Å²) in [6, 6.07) is 19.1. The molecule has 1 aliphatic rings. The number of amides is 1. The van der Waals surface area contributed by atoms with E-state index in [0.29, 0.717) is 36.8 Å². The van der Waals surface area contributed by atoms with Crippen LogP contribution in [0.25, 0.3) is 0 Å². The van der Waals surface area contributed by atoms with Gasteiger partial charge in [0.2, 0.25) is 0 Å². The van der Waals surface area contributed by atoms with Gasteiger partial charge in [0.1, 0.15) is 10.9 Å². The van der Waals surface area contributed by atoms with Gasteiger partial charge in [-0.2, -0.15) is 0 Å². The number of methoxy groups -OCH3 is 1. The van der Waals surface area contributed by atoms with Crippen LogP contribution in [-0.4, -0.2) is 60.5 Å². The number of aromatic nitrogens is 1. The topological polar surface area (TPSA) is 54.9 Å². The van der Waals surface area contributed by atoms with E-state index in [1.807, 2.05) is 47.4 Å². The summed E-state index contributed by atoms with van der Waals surface area (Å²) < 4.78 is 11.8. The number of rotatable bonds is 8. The van der Waals surface area contributed by atoms with Crippen LogP contribution in [0.15, 0.2) is 66.9 Å². The van der Waals surface area contributed by atoms with Gasteiger partial charge in [0.05, 0.1) is 25.4 Å². The monoisotopic (exact) mass is 499 g/mol. The number of nitrogens with zero attached hydrogens (tertiary/aromatic N) is 3. The van der Waals surface area contributed by atoms with Crippen molar-refractivity contribution >= 4 is 29.1 Å². The van der Waals surface area contributed by atoms with Gasteiger partial charge in [0.15, 0.2) is 0 Å². The van der Waals surface area contributed by atoms with Gasteiger partial charge in [0.25, 0.3) is 5.91 Å². The lowest BCUT2D eigenvalue weighted by Crippen LogP contribution is -2.49. The molecule has 1 atom stereocenters. The van der Waals surface area contributed by atoms with Crippen molar-refractivity contribution in [2.24, 2.45) is 0 Å². The molecule has 0 unspecified atom stereocenters. The molecule has 3 aromatic rings. The van der Waals surface area contributed by atoms with Crippen LogP contribution in [0, 0.1) is 0 Å². The van der Waals surface area contributed by atoms with Crippen molar-refractivity contribution in [2.45, 2.75) is 12.7 Å². The van der Waals surface area contributed by atoms with Crippen molar-refractivity contribution in [1.29, 1.82) is 0 Å². The molecular weight excluding hydrogens is 473 g/mol. The number of hydrogen-bond donors (Lipinski definition) is 0. The van der Waals surface area contributed by atoms with E-state index in [4.69, 9.17) is 32.7 Å². The van der Waals surface area contributed by atoms with Gasteiger partial charge in [-0.15, -0.1) is 0 Å². The Morgan fingerprint density at radius 2 is 1.82 bits per heavy atom. The molecule has 8 heteroatoms. The average Bonchev–Trinajstić information content (AvgIpc) is 2.87. The Morgan fingerprint density at radius 3 is 2.56 bits per heavy atom. The molecule has 0 saturated carbocycles. The molecule has 0 bridgehead atoms. The van der Waals surface area contributed by atoms with Gasteiger partial charge in [-0.1, -0.05) is 47.5 Å². The van der Waals surface area contributed by atoms with E-state index in [9.17, 15) is 4.79 Å². The molecule has 4 rings (SSSR count). The summed E-state index contributed by atoms with van der Waals surface area (Å²) in [6.07, 6.45) is 1.42. The van der Waals surface area contributed by atoms with Crippen LogP contribution >= 0.6 is 23.2 Å². The molecule has 178 valence electrons. The minimum Gasteiger partial charge on any atom is -0.497 e. The zero-order valence-electron chi connectivity index (χ0n) is 19.0. The first-order valence-electron chi connectivity index (χ1n) is 11.2. The van der Waals surface area contributed by atoms with Gasteiger partial charge in [-0.3, -0.25) is 9.69 Å². The Labute approximate surface area is 210 Å². The number of ether oxygens (including phenoxy) is 2. The highest BCUT2D eigenvalue weighted by Crippen LogP contribution is 2.26. The first-order chi connectivity index (χ1) is 16.5. The molecule has 0 radical (unpaired) electrons. The number of hydrogen-bond acceptors (Lipinski definition) is 5. The highest BCUT2D eigenvalue weighted by atomic mass is 35.5. The van der Waals surface area contributed by atoms with Crippen molar-refractivity contribution in [3.05, 3.63) is 93.7 Å². The van der Waals surface area contributed by atoms with Crippen LogP contribution in [0.5, 0.6) is 5.75 Å². The lowest BCUT2D eigenvalue weighted by molar-refractivity contribution is 0.00333. The molecular formula is C26H27Cl2N3O3. The van der Waals surface area contributed by atoms with Crippen LogP contribution in [-0.2, 0) is 11.3 Å². The zero-order valence-corrected chi connectivity index (χ0v) is 20.5. The Balaban J connectivity index is 1.42. The van der Waals surface area contributed by atoms with E-state index in [2.05, 4.69) is 16.0 Å². The number of benzene rings is 2. The first-order valence-corrected chi connectivity index (χ1v) is 11.9. The number of piperazine rings is 1. The molecule has 1 aromatic heterocycles. The smallest absolute Gasteiger partial charge is 0.257 e. The molecule has 1 fully saturated rings. The van der Waals surface area contributed by atoms with Crippen molar-refractivity contribution in [3.63, 3.8) is 0 Å². The maximum atomic E-state index is 12.9. The second kappa shape index (κ2) is 11.7. The van der Waals surface area contributed by atoms with E-state index in [-0.39, 0.29) is 17.2 Å². The normalized spacial score (nSPS) is 15.2. The van der Waals surface area contributed by atoms with E-state index in [1.54, 1.807) is 25.4 Å². The summed E-state index contributed by atoms with van der Waals surface area (Å²) >= 11 is 12.3. The summed E-state index contributed by atoms with van der Waals surface area (Å²) in [6.45, 7) is 3.85. The molecule has 1 saturated heterocycles. The standard InChI is InChI=1S/C26H27Cl2N3O3/c1-33-22-8-3-6-20(16-22)24(34-18-19-5-2-7-21(27)15-19)17-30-11-13-31(14-12-30)26(32)23-9-4-10-29-25(23)28/h2-10,15-16,24H,11-14,17-18H2,1H3/t24-/m0/s1. The van der Waals surface area contributed by atoms with E-state index < -0.39 is 0 Å². The molecule has 0 aliphatic carbocycles. The summed E-state index contributed by atoms with van der Waals surface area (Å²) in [5.74, 6) is 0.705. The van der Waals surface area contributed by atoms with E-state index in [0.717, 1.165) is 30.0 Å². The summed E-state index contributed by atoms with van der Waals surface area (Å²) in [7, 11) is 1.66. The average molecular weight is 500 g/mol. The third-order valence-electron chi connectivity index (χ3n) is 5.88. The second-order valence-electron chi connectivity index (χ2n) is 8.14. The number of halogens is 2. The quantitative estimate of drug-likeness (QED) is 0.403. The van der Waals surface area contributed by atoms with E-state index in [1.165, 1.54) is 0 Å². The summed E-state index contributed by atoms with van der Waals surface area (Å²) in [5.41, 5.74) is 2.50. The Kier molecular flexibility index (Phi) is 8.40. The lowest BCUT2D eigenvalue weighted by atomic mass is 10.1.